The van der Waals surface area contributed by atoms with Crippen LogP contribution in [0, 0.1) is 5.92 Å². The largest absolute Gasteiger partial charge is 0.381 e. The lowest BCUT2D eigenvalue weighted by atomic mass is 9.96. The van der Waals surface area contributed by atoms with Crippen LogP contribution in [0.5, 0.6) is 0 Å². The Labute approximate surface area is 126 Å². The highest BCUT2D eigenvalue weighted by molar-refractivity contribution is 5.85. The number of amides is 1. The van der Waals surface area contributed by atoms with Crippen molar-refractivity contribution in [2.24, 2.45) is 5.92 Å². The van der Waals surface area contributed by atoms with Crippen molar-refractivity contribution in [3.05, 3.63) is 29.8 Å². The molecule has 0 spiro atoms. The van der Waals surface area contributed by atoms with Crippen LogP contribution in [0.15, 0.2) is 24.3 Å². The number of fused-ring (bicyclic) bond motifs is 1. The van der Waals surface area contributed by atoms with Crippen LogP contribution in [0.25, 0.3) is 0 Å². The Morgan fingerprint density at radius 3 is 2.86 bits per heavy atom. The Morgan fingerprint density at radius 1 is 1.29 bits per heavy atom. The molecule has 1 fully saturated rings. The maximum atomic E-state index is 12.6. The van der Waals surface area contributed by atoms with E-state index in [2.05, 4.69) is 23.5 Å². The third-order valence-corrected chi connectivity index (χ3v) is 4.60. The summed E-state index contributed by atoms with van der Waals surface area (Å²) in [6.45, 7) is 2.52. The van der Waals surface area contributed by atoms with Crippen molar-refractivity contribution in [1.82, 2.24) is 4.90 Å². The molecule has 1 aromatic rings. The maximum absolute atomic E-state index is 12.6. The van der Waals surface area contributed by atoms with Gasteiger partial charge in [-0.15, -0.1) is 0 Å². The van der Waals surface area contributed by atoms with Gasteiger partial charge in [-0.1, -0.05) is 18.2 Å². The fourth-order valence-electron chi connectivity index (χ4n) is 3.30. The van der Waals surface area contributed by atoms with Crippen molar-refractivity contribution < 1.29 is 9.53 Å². The summed E-state index contributed by atoms with van der Waals surface area (Å²) in [5.41, 5.74) is 2.43. The second-order valence-electron chi connectivity index (χ2n) is 6.17. The van der Waals surface area contributed by atoms with E-state index in [9.17, 15) is 4.79 Å². The maximum Gasteiger partial charge on any atom is 0.244 e. The molecule has 1 saturated heterocycles. The number of anilines is 1. The number of carbonyl (C=O) groups is 1. The first-order chi connectivity index (χ1) is 10.2. The summed E-state index contributed by atoms with van der Waals surface area (Å²) in [5, 5.41) is 3.40. The molecule has 2 heterocycles. The molecular weight excluding hydrogens is 264 g/mol. The lowest BCUT2D eigenvalue weighted by Gasteiger charge is -2.32. The van der Waals surface area contributed by atoms with Crippen LogP contribution >= 0.6 is 0 Å². The molecule has 21 heavy (non-hydrogen) atoms. The lowest BCUT2D eigenvalue weighted by Crippen LogP contribution is -2.45. The lowest BCUT2D eigenvalue weighted by molar-refractivity contribution is -0.131. The quantitative estimate of drug-likeness (QED) is 0.928. The van der Waals surface area contributed by atoms with Gasteiger partial charge in [0.05, 0.1) is 0 Å². The average Bonchev–Trinajstić information content (AvgIpc) is 2.54. The second kappa shape index (κ2) is 6.48. The predicted octanol–water partition coefficient (Wildman–Crippen LogP) is 2.30. The summed E-state index contributed by atoms with van der Waals surface area (Å²) in [4.78, 5) is 14.5. The first-order valence-corrected chi connectivity index (χ1v) is 7.91. The smallest absolute Gasteiger partial charge is 0.244 e. The number of hydrogen-bond acceptors (Lipinski definition) is 3. The van der Waals surface area contributed by atoms with Gasteiger partial charge in [-0.05, 0) is 43.2 Å². The number of likely N-dealkylation sites (N-methyl/N-ethyl adjacent to an activating group) is 1. The zero-order valence-corrected chi connectivity index (χ0v) is 12.7. The van der Waals surface area contributed by atoms with E-state index in [1.165, 1.54) is 5.56 Å². The zero-order valence-electron chi connectivity index (χ0n) is 12.7. The van der Waals surface area contributed by atoms with Gasteiger partial charge in [0.1, 0.15) is 6.04 Å². The number of para-hydroxylation sites is 1. The SMILES string of the molecule is CN(CC1CCOCC1)C(=O)C1CCc2ccccc2N1. The van der Waals surface area contributed by atoms with Gasteiger partial charge in [0, 0.05) is 32.5 Å². The van der Waals surface area contributed by atoms with E-state index in [0.717, 1.165) is 51.1 Å². The van der Waals surface area contributed by atoms with Gasteiger partial charge in [0.15, 0.2) is 0 Å². The van der Waals surface area contributed by atoms with Gasteiger partial charge in [-0.25, -0.2) is 0 Å². The highest BCUT2D eigenvalue weighted by Gasteiger charge is 2.27. The Kier molecular flexibility index (Phi) is 4.44. The predicted molar refractivity (Wildman–Crippen MR) is 83.4 cm³/mol. The minimum absolute atomic E-state index is 0.0789. The third kappa shape index (κ3) is 3.38. The van der Waals surface area contributed by atoms with Crippen molar-refractivity contribution in [2.45, 2.75) is 31.7 Å². The third-order valence-electron chi connectivity index (χ3n) is 4.60. The number of hydrogen-bond donors (Lipinski definition) is 1. The van der Waals surface area contributed by atoms with Crippen LogP contribution in [0.1, 0.15) is 24.8 Å². The molecule has 0 bridgehead atoms. The molecule has 4 nitrogen and oxygen atoms in total. The summed E-state index contributed by atoms with van der Waals surface area (Å²) >= 11 is 0. The van der Waals surface area contributed by atoms with Gasteiger partial charge in [-0.3, -0.25) is 4.79 Å². The second-order valence-corrected chi connectivity index (χ2v) is 6.17. The molecule has 0 radical (unpaired) electrons. The summed E-state index contributed by atoms with van der Waals surface area (Å²) in [5.74, 6) is 0.805. The van der Waals surface area contributed by atoms with E-state index in [1.54, 1.807) is 0 Å². The Bertz CT molecular complexity index is 497. The number of rotatable bonds is 3. The van der Waals surface area contributed by atoms with Crippen LogP contribution in [0.4, 0.5) is 5.69 Å². The topological polar surface area (TPSA) is 41.6 Å². The molecule has 1 amide bonds. The van der Waals surface area contributed by atoms with Crippen LogP contribution in [0.2, 0.25) is 0 Å². The van der Waals surface area contributed by atoms with E-state index < -0.39 is 0 Å². The van der Waals surface area contributed by atoms with Gasteiger partial charge in [-0.2, -0.15) is 0 Å². The number of ether oxygens (including phenoxy) is 1. The minimum atomic E-state index is -0.0789. The van der Waals surface area contributed by atoms with E-state index >= 15 is 0 Å². The molecule has 0 aliphatic carbocycles. The van der Waals surface area contributed by atoms with Gasteiger partial charge in [0.2, 0.25) is 5.91 Å². The summed E-state index contributed by atoms with van der Waals surface area (Å²) in [7, 11) is 1.93. The van der Waals surface area contributed by atoms with Crippen molar-refractivity contribution >= 4 is 11.6 Å². The summed E-state index contributed by atoms with van der Waals surface area (Å²) in [6.07, 6.45) is 4.00. The van der Waals surface area contributed by atoms with E-state index in [-0.39, 0.29) is 11.9 Å². The van der Waals surface area contributed by atoms with Gasteiger partial charge >= 0.3 is 0 Å². The fourth-order valence-corrected chi connectivity index (χ4v) is 3.30. The molecule has 1 aromatic carbocycles. The molecule has 3 rings (SSSR count). The molecule has 0 saturated carbocycles. The Morgan fingerprint density at radius 2 is 2.05 bits per heavy atom. The molecule has 114 valence electrons. The standard InChI is InChI=1S/C17H24N2O2/c1-19(12-13-8-10-21-11-9-13)17(20)16-7-6-14-4-2-3-5-15(14)18-16/h2-5,13,16,18H,6-12H2,1H3. The van der Waals surface area contributed by atoms with Crippen LogP contribution in [-0.4, -0.2) is 43.7 Å². The Balaban J connectivity index is 1.58. The number of aryl methyl sites for hydroxylation is 1. The monoisotopic (exact) mass is 288 g/mol. The molecule has 2 aliphatic heterocycles. The van der Waals surface area contributed by atoms with Crippen molar-refractivity contribution in [2.75, 3.05) is 32.1 Å². The van der Waals surface area contributed by atoms with Gasteiger partial charge < -0.3 is 15.0 Å². The van der Waals surface area contributed by atoms with E-state index in [0.29, 0.717) is 5.92 Å². The van der Waals surface area contributed by atoms with Gasteiger partial charge in [0.25, 0.3) is 0 Å². The molecule has 1 atom stereocenters. The average molecular weight is 288 g/mol. The molecule has 4 heteroatoms. The molecule has 1 unspecified atom stereocenters. The van der Waals surface area contributed by atoms with Crippen LogP contribution < -0.4 is 5.32 Å². The van der Waals surface area contributed by atoms with Crippen molar-refractivity contribution in [1.29, 1.82) is 0 Å². The highest BCUT2D eigenvalue weighted by Crippen LogP contribution is 2.25. The summed E-state index contributed by atoms with van der Waals surface area (Å²) in [6, 6.07) is 8.19. The fraction of sp³-hybridized carbons (Fsp3) is 0.588. The van der Waals surface area contributed by atoms with E-state index in [4.69, 9.17) is 4.74 Å². The number of carbonyl (C=O) groups excluding carboxylic acids is 1. The van der Waals surface area contributed by atoms with Crippen molar-refractivity contribution in [3.63, 3.8) is 0 Å². The molecule has 0 aromatic heterocycles. The summed E-state index contributed by atoms with van der Waals surface area (Å²) < 4.78 is 5.38. The Hall–Kier alpha value is -1.55. The molecule has 1 N–H and O–H groups in total. The normalized spacial score (nSPS) is 22.2. The van der Waals surface area contributed by atoms with Crippen LogP contribution in [0.3, 0.4) is 0 Å². The zero-order chi connectivity index (χ0) is 14.7. The molecule has 2 aliphatic rings. The highest BCUT2D eigenvalue weighted by atomic mass is 16.5. The number of nitrogens with zero attached hydrogens (tertiary/aromatic N) is 1. The van der Waals surface area contributed by atoms with Crippen LogP contribution in [-0.2, 0) is 16.0 Å². The molecular formula is C17H24N2O2. The first kappa shape index (κ1) is 14.4. The minimum Gasteiger partial charge on any atom is -0.381 e. The van der Waals surface area contributed by atoms with Crippen molar-refractivity contribution in [3.8, 4) is 0 Å². The number of benzene rings is 1. The van der Waals surface area contributed by atoms with E-state index in [1.807, 2.05) is 18.0 Å². The first-order valence-electron chi connectivity index (χ1n) is 7.91. The number of nitrogens with one attached hydrogen (secondary N) is 1.